The Balaban J connectivity index is 3.46. The fraction of sp³-hybridized carbons (Fsp3) is 0.889. The summed E-state index contributed by atoms with van der Waals surface area (Å²) in [5, 5.41) is 0. The molecule has 0 amide bonds. The Bertz CT molecular complexity index is 134. The first-order valence-corrected chi connectivity index (χ1v) is 4.42. The van der Waals surface area contributed by atoms with Crippen LogP contribution in [0.25, 0.3) is 0 Å². The SMILES string of the molecule is CC(C)COC(=O)CC(C)CN. The van der Waals surface area contributed by atoms with E-state index in [-0.39, 0.29) is 11.9 Å². The molecule has 0 rings (SSSR count). The van der Waals surface area contributed by atoms with E-state index in [1.165, 1.54) is 0 Å². The molecule has 0 bridgehead atoms. The summed E-state index contributed by atoms with van der Waals surface area (Å²) in [6.07, 6.45) is 0.434. The normalized spacial score (nSPS) is 13.1. The molecule has 0 aliphatic heterocycles. The van der Waals surface area contributed by atoms with E-state index >= 15 is 0 Å². The lowest BCUT2D eigenvalue weighted by Crippen LogP contribution is -2.18. The average Bonchev–Trinajstić information content (AvgIpc) is 2.00. The molecule has 0 aromatic heterocycles. The lowest BCUT2D eigenvalue weighted by Gasteiger charge is -2.09. The molecule has 0 saturated heterocycles. The van der Waals surface area contributed by atoms with Gasteiger partial charge in [0.2, 0.25) is 0 Å². The van der Waals surface area contributed by atoms with E-state index in [1.807, 2.05) is 20.8 Å². The number of rotatable bonds is 5. The zero-order valence-corrected chi connectivity index (χ0v) is 8.17. The quantitative estimate of drug-likeness (QED) is 0.635. The molecule has 1 atom stereocenters. The van der Waals surface area contributed by atoms with Gasteiger partial charge in [-0.05, 0) is 18.4 Å². The van der Waals surface area contributed by atoms with Gasteiger partial charge >= 0.3 is 5.97 Å². The zero-order valence-electron chi connectivity index (χ0n) is 8.17. The van der Waals surface area contributed by atoms with E-state index in [2.05, 4.69) is 0 Å². The van der Waals surface area contributed by atoms with Crippen LogP contribution < -0.4 is 5.73 Å². The average molecular weight is 173 g/mol. The first-order chi connectivity index (χ1) is 5.56. The smallest absolute Gasteiger partial charge is 0.306 e. The third-order valence-corrected chi connectivity index (χ3v) is 1.50. The minimum Gasteiger partial charge on any atom is -0.465 e. The zero-order chi connectivity index (χ0) is 9.56. The van der Waals surface area contributed by atoms with Crippen LogP contribution in [0.1, 0.15) is 27.2 Å². The topological polar surface area (TPSA) is 52.3 Å². The van der Waals surface area contributed by atoms with Crippen molar-refractivity contribution < 1.29 is 9.53 Å². The molecular formula is C9H19NO2. The van der Waals surface area contributed by atoms with Crippen molar-refractivity contribution in [1.82, 2.24) is 0 Å². The van der Waals surface area contributed by atoms with Crippen molar-refractivity contribution in [3.05, 3.63) is 0 Å². The van der Waals surface area contributed by atoms with Gasteiger partial charge in [-0.3, -0.25) is 4.79 Å². The highest BCUT2D eigenvalue weighted by Gasteiger charge is 2.08. The molecule has 0 aliphatic rings. The monoisotopic (exact) mass is 173 g/mol. The summed E-state index contributed by atoms with van der Waals surface area (Å²) in [4.78, 5) is 11.0. The van der Waals surface area contributed by atoms with Gasteiger partial charge in [0, 0.05) is 6.42 Å². The predicted molar refractivity (Wildman–Crippen MR) is 48.6 cm³/mol. The Morgan fingerprint density at radius 2 is 2.00 bits per heavy atom. The number of esters is 1. The maximum Gasteiger partial charge on any atom is 0.306 e. The summed E-state index contributed by atoms with van der Waals surface area (Å²) in [5.41, 5.74) is 5.37. The lowest BCUT2D eigenvalue weighted by molar-refractivity contribution is -0.145. The molecule has 0 aliphatic carbocycles. The van der Waals surface area contributed by atoms with Crippen LogP contribution in [0.15, 0.2) is 0 Å². The van der Waals surface area contributed by atoms with Crippen LogP contribution in [0, 0.1) is 11.8 Å². The molecule has 0 heterocycles. The van der Waals surface area contributed by atoms with Crippen molar-refractivity contribution in [3.63, 3.8) is 0 Å². The van der Waals surface area contributed by atoms with Gasteiger partial charge in [-0.1, -0.05) is 20.8 Å². The van der Waals surface area contributed by atoms with Crippen molar-refractivity contribution in [1.29, 1.82) is 0 Å². The Hall–Kier alpha value is -0.570. The van der Waals surface area contributed by atoms with Crippen molar-refractivity contribution >= 4 is 5.97 Å². The van der Waals surface area contributed by atoms with Gasteiger partial charge in [-0.25, -0.2) is 0 Å². The second kappa shape index (κ2) is 6.00. The summed E-state index contributed by atoms with van der Waals surface area (Å²) >= 11 is 0. The fourth-order valence-electron chi connectivity index (χ4n) is 0.686. The summed E-state index contributed by atoms with van der Waals surface area (Å²) in [5.74, 6) is 0.494. The van der Waals surface area contributed by atoms with Gasteiger partial charge in [0.1, 0.15) is 0 Å². The molecular weight excluding hydrogens is 154 g/mol. The van der Waals surface area contributed by atoms with Crippen molar-refractivity contribution in [2.75, 3.05) is 13.2 Å². The van der Waals surface area contributed by atoms with Crippen molar-refractivity contribution in [2.24, 2.45) is 17.6 Å². The molecule has 0 aromatic rings. The van der Waals surface area contributed by atoms with Gasteiger partial charge in [-0.2, -0.15) is 0 Å². The lowest BCUT2D eigenvalue weighted by atomic mass is 10.1. The molecule has 0 saturated carbocycles. The van der Waals surface area contributed by atoms with Crippen LogP contribution >= 0.6 is 0 Å². The van der Waals surface area contributed by atoms with Gasteiger partial charge in [0.25, 0.3) is 0 Å². The third-order valence-electron chi connectivity index (χ3n) is 1.50. The largest absolute Gasteiger partial charge is 0.465 e. The van der Waals surface area contributed by atoms with Crippen molar-refractivity contribution in [2.45, 2.75) is 27.2 Å². The molecule has 72 valence electrons. The molecule has 12 heavy (non-hydrogen) atoms. The second-order valence-corrected chi connectivity index (χ2v) is 3.62. The van der Waals surface area contributed by atoms with Gasteiger partial charge < -0.3 is 10.5 Å². The van der Waals surface area contributed by atoms with E-state index in [4.69, 9.17) is 10.5 Å². The highest BCUT2D eigenvalue weighted by atomic mass is 16.5. The van der Waals surface area contributed by atoms with Crippen LogP contribution in [0.4, 0.5) is 0 Å². The number of carbonyl (C=O) groups excluding carboxylic acids is 1. The van der Waals surface area contributed by atoms with Crippen LogP contribution in [0.3, 0.4) is 0 Å². The van der Waals surface area contributed by atoms with Crippen LogP contribution in [-0.2, 0) is 9.53 Å². The van der Waals surface area contributed by atoms with Crippen LogP contribution in [-0.4, -0.2) is 19.1 Å². The van der Waals surface area contributed by atoms with Crippen LogP contribution in [0.5, 0.6) is 0 Å². The molecule has 0 aromatic carbocycles. The van der Waals surface area contributed by atoms with E-state index in [0.29, 0.717) is 25.5 Å². The highest BCUT2D eigenvalue weighted by molar-refractivity contribution is 5.69. The van der Waals surface area contributed by atoms with Gasteiger partial charge in [0.15, 0.2) is 0 Å². The first-order valence-electron chi connectivity index (χ1n) is 4.42. The van der Waals surface area contributed by atoms with E-state index in [1.54, 1.807) is 0 Å². The Morgan fingerprint density at radius 3 is 2.42 bits per heavy atom. The Kier molecular flexibility index (Phi) is 5.72. The number of hydrogen-bond acceptors (Lipinski definition) is 3. The molecule has 1 unspecified atom stereocenters. The minimum absolute atomic E-state index is 0.137. The van der Waals surface area contributed by atoms with Crippen LogP contribution in [0.2, 0.25) is 0 Å². The van der Waals surface area contributed by atoms with E-state index < -0.39 is 0 Å². The molecule has 2 N–H and O–H groups in total. The van der Waals surface area contributed by atoms with E-state index in [9.17, 15) is 4.79 Å². The standard InChI is InChI=1S/C9H19NO2/c1-7(2)6-12-9(11)4-8(3)5-10/h7-8H,4-6,10H2,1-3H3. The van der Waals surface area contributed by atoms with E-state index in [0.717, 1.165) is 0 Å². The number of nitrogens with two attached hydrogens (primary N) is 1. The summed E-state index contributed by atoms with van der Waals surface area (Å²) in [6, 6.07) is 0. The predicted octanol–water partition coefficient (Wildman–Crippen LogP) is 1.17. The van der Waals surface area contributed by atoms with Crippen molar-refractivity contribution in [3.8, 4) is 0 Å². The molecule has 3 heteroatoms. The molecule has 0 radical (unpaired) electrons. The molecule has 0 fully saturated rings. The first kappa shape index (κ1) is 11.4. The van der Waals surface area contributed by atoms with Gasteiger partial charge in [0.05, 0.1) is 6.61 Å². The molecule has 0 spiro atoms. The Morgan fingerprint density at radius 1 is 1.42 bits per heavy atom. The van der Waals surface area contributed by atoms with Gasteiger partial charge in [-0.15, -0.1) is 0 Å². The number of carbonyl (C=O) groups is 1. The number of hydrogen-bond donors (Lipinski definition) is 1. The summed E-state index contributed by atoms with van der Waals surface area (Å²) in [7, 11) is 0. The molecule has 3 nitrogen and oxygen atoms in total. The highest BCUT2D eigenvalue weighted by Crippen LogP contribution is 2.02. The fourth-order valence-corrected chi connectivity index (χ4v) is 0.686. The third kappa shape index (κ3) is 6.16. The minimum atomic E-state index is -0.137. The second-order valence-electron chi connectivity index (χ2n) is 3.62. The maximum atomic E-state index is 11.0. The Labute approximate surface area is 74.3 Å². The summed E-state index contributed by atoms with van der Waals surface area (Å²) in [6.45, 7) is 7.02. The number of ether oxygens (including phenoxy) is 1. The summed E-state index contributed by atoms with van der Waals surface area (Å²) < 4.78 is 4.98. The maximum absolute atomic E-state index is 11.0.